The molecule has 0 amide bonds. The van der Waals surface area contributed by atoms with Crippen molar-refractivity contribution < 1.29 is 9.53 Å². The number of ether oxygens (including phenoxy) is 1. The molecule has 0 spiro atoms. The van der Waals surface area contributed by atoms with Gasteiger partial charge in [-0.05, 0) is 37.7 Å². The van der Waals surface area contributed by atoms with Gasteiger partial charge in [-0.15, -0.1) is 0 Å². The van der Waals surface area contributed by atoms with Crippen molar-refractivity contribution in [3.63, 3.8) is 0 Å². The van der Waals surface area contributed by atoms with Crippen molar-refractivity contribution in [3.8, 4) is 17.2 Å². The number of pyridine rings is 1. The number of esters is 1. The minimum Gasteiger partial charge on any atom is -0.466 e. The molecule has 2 atom stereocenters. The second kappa shape index (κ2) is 7.17. The highest BCUT2D eigenvalue weighted by molar-refractivity contribution is 5.84. The van der Waals surface area contributed by atoms with E-state index >= 15 is 0 Å². The van der Waals surface area contributed by atoms with E-state index in [1.807, 2.05) is 32.6 Å². The largest absolute Gasteiger partial charge is 0.466 e. The van der Waals surface area contributed by atoms with Crippen LogP contribution in [0, 0.1) is 29.1 Å². The second-order valence-corrected chi connectivity index (χ2v) is 8.26. The van der Waals surface area contributed by atoms with E-state index in [0.717, 1.165) is 48.3 Å². The minimum absolute atomic E-state index is 0.0147. The summed E-state index contributed by atoms with van der Waals surface area (Å²) in [4.78, 5) is 14.8. The van der Waals surface area contributed by atoms with Gasteiger partial charge in [0.05, 0.1) is 36.2 Å². The zero-order chi connectivity index (χ0) is 20.8. The molecule has 8 heteroatoms. The molecule has 1 aliphatic carbocycles. The molecule has 0 aromatic carbocycles. The number of carbonyl (C=O) groups is 1. The van der Waals surface area contributed by atoms with E-state index in [4.69, 9.17) is 4.74 Å². The molecule has 4 heterocycles. The van der Waals surface area contributed by atoms with E-state index in [2.05, 4.69) is 27.2 Å². The Balaban J connectivity index is 1.56. The van der Waals surface area contributed by atoms with Crippen LogP contribution in [0.3, 0.4) is 0 Å². The number of carbonyl (C=O) groups excluding carboxylic acids is 1. The Bertz CT molecular complexity index is 1140. The number of fused-ring (bicyclic) bond motifs is 3. The van der Waals surface area contributed by atoms with Gasteiger partial charge in [-0.25, -0.2) is 4.52 Å². The van der Waals surface area contributed by atoms with Crippen LogP contribution in [0.2, 0.25) is 0 Å². The number of nitrogens with zero attached hydrogens (tertiary/aromatic N) is 6. The zero-order valence-corrected chi connectivity index (χ0v) is 17.2. The Kier molecular flexibility index (Phi) is 4.46. The normalized spacial score (nSPS) is 23.0. The summed E-state index contributed by atoms with van der Waals surface area (Å²) in [5.74, 6) is 0.483. The Morgan fingerprint density at radius 3 is 2.60 bits per heavy atom. The third-order valence-corrected chi connectivity index (χ3v) is 6.48. The highest BCUT2D eigenvalue weighted by atomic mass is 16.5. The van der Waals surface area contributed by atoms with E-state index in [1.165, 1.54) is 0 Å². The number of hydrogen-bond donors (Lipinski definition) is 0. The quantitative estimate of drug-likeness (QED) is 0.621. The lowest BCUT2D eigenvalue weighted by Crippen LogP contribution is -2.45. The number of piperidine rings is 1. The Morgan fingerprint density at radius 2 is 1.97 bits per heavy atom. The van der Waals surface area contributed by atoms with Crippen molar-refractivity contribution in [2.24, 2.45) is 24.8 Å². The van der Waals surface area contributed by atoms with Crippen LogP contribution < -0.4 is 4.90 Å². The molecular weight excluding hydrogens is 380 g/mol. The highest BCUT2D eigenvalue weighted by Crippen LogP contribution is 2.45. The van der Waals surface area contributed by atoms with E-state index < -0.39 is 0 Å². The Morgan fingerprint density at radius 1 is 1.20 bits per heavy atom. The highest BCUT2D eigenvalue weighted by Gasteiger charge is 2.47. The van der Waals surface area contributed by atoms with Gasteiger partial charge in [0.15, 0.2) is 0 Å². The first kappa shape index (κ1) is 18.7. The van der Waals surface area contributed by atoms with Crippen molar-refractivity contribution in [3.05, 3.63) is 36.4 Å². The Hall–Kier alpha value is -3.34. The van der Waals surface area contributed by atoms with E-state index in [9.17, 15) is 10.1 Å². The van der Waals surface area contributed by atoms with Gasteiger partial charge in [0.25, 0.3) is 0 Å². The average Bonchev–Trinajstić information content (AvgIpc) is 3.43. The molecule has 0 N–H and O–H groups in total. The summed E-state index contributed by atoms with van der Waals surface area (Å²) in [6, 6.07) is 4.40. The SMILES string of the molecule is CCOC(=O)C1C2CCC1CN(c1cc(-c3cnn(C)c3)cn3ncc(C#N)c13)C2. The van der Waals surface area contributed by atoms with Gasteiger partial charge in [0.2, 0.25) is 0 Å². The van der Waals surface area contributed by atoms with Gasteiger partial charge in [-0.3, -0.25) is 9.48 Å². The number of anilines is 1. The van der Waals surface area contributed by atoms with Crippen molar-refractivity contribution in [1.82, 2.24) is 19.4 Å². The summed E-state index contributed by atoms with van der Waals surface area (Å²) in [5, 5.41) is 18.3. The molecule has 154 valence electrons. The molecule has 30 heavy (non-hydrogen) atoms. The van der Waals surface area contributed by atoms with Gasteiger partial charge < -0.3 is 9.64 Å². The summed E-state index contributed by atoms with van der Waals surface area (Å²) < 4.78 is 8.91. The van der Waals surface area contributed by atoms with Gasteiger partial charge in [0, 0.05) is 43.7 Å². The fourth-order valence-electron chi connectivity index (χ4n) is 5.19. The lowest BCUT2D eigenvalue weighted by molar-refractivity contribution is -0.151. The monoisotopic (exact) mass is 404 g/mol. The fraction of sp³-hybridized carbons (Fsp3) is 0.455. The number of nitriles is 1. The van der Waals surface area contributed by atoms with Gasteiger partial charge in [-0.2, -0.15) is 15.5 Å². The molecule has 1 saturated carbocycles. The van der Waals surface area contributed by atoms with Crippen LogP contribution in [0.1, 0.15) is 25.3 Å². The van der Waals surface area contributed by atoms with Crippen LogP contribution in [-0.2, 0) is 16.6 Å². The molecule has 2 unspecified atom stereocenters. The first-order chi connectivity index (χ1) is 14.6. The molecular formula is C22H24N6O2. The van der Waals surface area contributed by atoms with Gasteiger partial charge in [-0.1, -0.05) is 0 Å². The van der Waals surface area contributed by atoms with E-state index in [1.54, 1.807) is 15.4 Å². The lowest BCUT2D eigenvalue weighted by atomic mass is 9.84. The molecule has 5 rings (SSSR count). The summed E-state index contributed by atoms with van der Waals surface area (Å²) in [5.41, 5.74) is 4.36. The molecule has 2 aliphatic rings. The summed E-state index contributed by atoms with van der Waals surface area (Å²) in [6.07, 6.45) is 9.43. The van der Waals surface area contributed by atoms with Crippen molar-refractivity contribution in [2.45, 2.75) is 19.8 Å². The first-order valence-electron chi connectivity index (χ1n) is 10.4. The second-order valence-electron chi connectivity index (χ2n) is 8.26. The number of rotatable bonds is 4. The van der Waals surface area contributed by atoms with Crippen molar-refractivity contribution >= 4 is 17.2 Å². The predicted molar refractivity (Wildman–Crippen MR) is 111 cm³/mol. The fourth-order valence-corrected chi connectivity index (χ4v) is 5.19. The maximum atomic E-state index is 12.5. The lowest BCUT2D eigenvalue weighted by Gasteiger charge is -2.38. The molecule has 2 fully saturated rings. The zero-order valence-electron chi connectivity index (χ0n) is 17.2. The molecule has 8 nitrogen and oxygen atoms in total. The van der Waals surface area contributed by atoms with Crippen LogP contribution in [0.4, 0.5) is 5.69 Å². The molecule has 3 aromatic rings. The van der Waals surface area contributed by atoms with Gasteiger partial charge >= 0.3 is 5.97 Å². The van der Waals surface area contributed by atoms with E-state index in [-0.39, 0.29) is 23.7 Å². The van der Waals surface area contributed by atoms with E-state index in [0.29, 0.717) is 12.2 Å². The topological polar surface area (TPSA) is 88.4 Å². The van der Waals surface area contributed by atoms with Crippen LogP contribution >= 0.6 is 0 Å². The summed E-state index contributed by atoms with van der Waals surface area (Å²) in [6.45, 7) is 3.84. The summed E-state index contributed by atoms with van der Waals surface area (Å²) in [7, 11) is 1.89. The standard InChI is InChI=1S/C22H24N6O2/c1-3-30-22(29)20-14-4-5-15(20)12-27(11-14)19-6-16(18-9-24-26(2)10-18)13-28-21(19)17(7-23)8-25-28/h6,8-10,13-15,20H,3-5,11-12H2,1-2H3. The number of aromatic nitrogens is 4. The smallest absolute Gasteiger partial charge is 0.309 e. The third kappa shape index (κ3) is 2.93. The predicted octanol–water partition coefficient (Wildman–Crippen LogP) is 2.63. The molecule has 3 aromatic heterocycles. The molecule has 2 bridgehead atoms. The van der Waals surface area contributed by atoms with Crippen molar-refractivity contribution in [2.75, 3.05) is 24.6 Å². The van der Waals surface area contributed by atoms with Crippen LogP contribution in [0.5, 0.6) is 0 Å². The van der Waals surface area contributed by atoms with Gasteiger partial charge in [0.1, 0.15) is 11.6 Å². The number of hydrogen-bond acceptors (Lipinski definition) is 6. The Labute approximate surface area is 174 Å². The maximum absolute atomic E-state index is 12.5. The molecule has 0 radical (unpaired) electrons. The number of aryl methyl sites for hydroxylation is 1. The maximum Gasteiger partial charge on any atom is 0.309 e. The first-order valence-corrected chi connectivity index (χ1v) is 10.4. The van der Waals surface area contributed by atoms with Crippen molar-refractivity contribution in [1.29, 1.82) is 5.26 Å². The van der Waals surface area contributed by atoms with Crippen LogP contribution in [0.25, 0.3) is 16.6 Å². The van der Waals surface area contributed by atoms with Crippen LogP contribution in [0.15, 0.2) is 30.9 Å². The minimum atomic E-state index is -0.0547. The third-order valence-electron chi connectivity index (χ3n) is 6.48. The summed E-state index contributed by atoms with van der Waals surface area (Å²) >= 11 is 0. The van der Waals surface area contributed by atoms with Crippen LogP contribution in [-0.4, -0.2) is 45.1 Å². The molecule has 1 aliphatic heterocycles. The molecule has 1 saturated heterocycles. The average molecular weight is 404 g/mol.